The van der Waals surface area contributed by atoms with Crippen LogP contribution in [0.3, 0.4) is 0 Å². The van der Waals surface area contributed by atoms with Gasteiger partial charge in [0.05, 0.1) is 0 Å². The Balaban J connectivity index is 1.98. The van der Waals surface area contributed by atoms with E-state index >= 15 is 0 Å². The van der Waals surface area contributed by atoms with E-state index in [1.54, 1.807) is 30.3 Å². The van der Waals surface area contributed by atoms with Gasteiger partial charge in [-0.3, -0.25) is 9.59 Å². The van der Waals surface area contributed by atoms with Gasteiger partial charge in [0.2, 0.25) is 0 Å². The Labute approximate surface area is 162 Å². The van der Waals surface area contributed by atoms with Crippen LogP contribution < -0.4 is 0 Å². The van der Waals surface area contributed by atoms with Crippen LogP contribution in [0.25, 0.3) is 0 Å². The number of Topliss-reactive ketones (excluding diaryl/α,β-unsaturated/α-hetero) is 1. The molecule has 5 heteroatoms. The van der Waals surface area contributed by atoms with Crippen LogP contribution in [-0.4, -0.2) is 30.9 Å². The minimum Gasteiger partial charge on any atom is -0.462 e. The third-order valence-corrected chi connectivity index (χ3v) is 4.29. The van der Waals surface area contributed by atoms with E-state index in [2.05, 4.69) is 6.92 Å². The fourth-order valence-electron chi connectivity index (χ4n) is 2.71. The van der Waals surface area contributed by atoms with Gasteiger partial charge in [-0.2, -0.15) is 0 Å². The van der Waals surface area contributed by atoms with Crippen LogP contribution in [-0.2, 0) is 19.1 Å². The van der Waals surface area contributed by atoms with Gasteiger partial charge in [0, 0.05) is 12.0 Å². The Bertz CT molecular complexity index is 553. The SMILES string of the molecule is CCCCCCCCCCCC(=O)OCCOC(=O)C(=O)c1ccccc1. The number of benzene rings is 1. The number of unbranched alkanes of at least 4 members (excludes halogenated alkanes) is 8. The zero-order valence-corrected chi connectivity index (χ0v) is 16.4. The zero-order chi connectivity index (χ0) is 19.7. The van der Waals surface area contributed by atoms with E-state index in [-0.39, 0.29) is 24.7 Å². The summed E-state index contributed by atoms with van der Waals surface area (Å²) in [6.45, 7) is 2.08. The first kappa shape index (κ1) is 22.9. The number of carbonyl (C=O) groups excluding carboxylic acids is 3. The van der Waals surface area contributed by atoms with Crippen LogP contribution in [0, 0.1) is 0 Å². The molecule has 27 heavy (non-hydrogen) atoms. The second-order valence-electron chi connectivity index (χ2n) is 6.63. The number of hydrogen-bond acceptors (Lipinski definition) is 5. The van der Waals surface area contributed by atoms with Crippen LogP contribution in [0.1, 0.15) is 81.5 Å². The number of carbonyl (C=O) groups is 3. The molecule has 0 atom stereocenters. The van der Waals surface area contributed by atoms with E-state index in [0.29, 0.717) is 6.42 Å². The average Bonchev–Trinajstić information content (AvgIpc) is 2.70. The van der Waals surface area contributed by atoms with Crippen molar-refractivity contribution in [2.24, 2.45) is 0 Å². The first-order valence-corrected chi connectivity index (χ1v) is 10.1. The Morgan fingerprint density at radius 2 is 1.30 bits per heavy atom. The zero-order valence-electron chi connectivity index (χ0n) is 16.4. The van der Waals surface area contributed by atoms with Crippen LogP contribution in [0.5, 0.6) is 0 Å². The fraction of sp³-hybridized carbons (Fsp3) is 0.591. The smallest absolute Gasteiger partial charge is 0.379 e. The molecule has 1 rings (SSSR count). The number of ketones is 1. The molecule has 0 bridgehead atoms. The molecule has 0 aromatic heterocycles. The lowest BCUT2D eigenvalue weighted by Crippen LogP contribution is -2.20. The highest BCUT2D eigenvalue weighted by Crippen LogP contribution is 2.10. The third-order valence-electron chi connectivity index (χ3n) is 4.29. The van der Waals surface area contributed by atoms with E-state index in [9.17, 15) is 14.4 Å². The largest absolute Gasteiger partial charge is 0.462 e. The summed E-state index contributed by atoms with van der Waals surface area (Å²) < 4.78 is 9.86. The first-order chi connectivity index (χ1) is 13.1. The first-order valence-electron chi connectivity index (χ1n) is 10.1. The predicted octanol–water partition coefficient (Wildman–Crippen LogP) is 4.88. The molecule has 0 radical (unpaired) electrons. The molecular weight excluding hydrogens is 344 g/mol. The highest BCUT2D eigenvalue weighted by atomic mass is 16.6. The molecule has 0 N–H and O–H groups in total. The Morgan fingerprint density at radius 3 is 1.93 bits per heavy atom. The van der Waals surface area contributed by atoms with Crippen molar-refractivity contribution in [1.29, 1.82) is 0 Å². The normalized spacial score (nSPS) is 10.4. The molecule has 5 nitrogen and oxygen atoms in total. The van der Waals surface area contributed by atoms with Gasteiger partial charge in [0.1, 0.15) is 13.2 Å². The van der Waals surface area contributed by atoms with Gasteiger partial charge in [-0.15, -0.1) is 0 Å². The third kappa shape index (κ3) is 11.2. The lowest BCUT2D eigenvalue weighted by Gasteiger charge is -2.06. The summed E-state index contributed by atoms with van der Waals surface area (Å²) in [7, 11) is 0. The summed E-state index contributed by atoms with van der Waals surface area (Å²) in [5.74, 6) is -1.92. The summed E-state index contributed by atoms with van der Waals surface area (Å²) in [5.41, 5.74) is 0.282. The molecule has 1 aromatic carbocycles. The average molecular weight is 376 g/mol. The molecule has 1 aromatic rings. The molecule has 0 aliphatic rings. The standard InChI is InChI=1S/C22H32O5/c1-2-3-4-5-6-7-8-9-13-16-20(23)26-17-18-27-22(25)21(24)19-14-11-10-12-15-19/h10-12,14-15H,2-9,13,16-18H2,1H3. The molecule has 0 saturated carbocycles. The fourth-order valence-corrected chi connectivity index (χ4v) is 2.71. The Hall–Kier alpha value is -2.17. The number of esters is 2. The molecular formula is C22H32O5. The van der Waals surface area contributed by atoms with Crippen molar-refractivity contribution < 1.29 is 23.9 Å². The van der Waals surface area contributed by atoms with Gasteiger partial charge in [-0.05, 0) is 6.42 Å². The minimum absolute atomic E-state index is 0.0237. The highest BCUT2D eigenvalue weighted by molar-refractivity contribution is 6.40. The molecule has 0 spiro atoms. The van der Waals surface area contributed by atoms with Gasteiger partial charge >= 0.3 is 11.9 Å². The van der Waals surface area contributed by atoms with Crippen molar-refractivity contribution in [3.05, 3.63) is 35.9 Å². The van der Waals surface area contributed by atoms with Gasteiger partial charge < -0.3 is 9.47 Å². The van der Waals surface area contributed by atoms with Crippen LogP contribution in [0.15, 0.2) is 30.3 Å². The lowest BCUT2D eigenvalue weighted by atomic mass is 10.1. The maximum absolute atomic E-state index is 11.8. The molecule has 150 valence electrons. The summed E-state index contributed by atoms with van der Waals surface area (Å²) in [6, 6.07) is 8.21. The number of ether oxygens (including phenoxy) is 2. The van der Waals surface area contributed by atoms with Crippen LogP contribution >= 0.6 is 0 Å². The number of hydrogen-bond donors (Lipinski definition) is 0. The molecule has 0 heterocycles. The van der Waals surface area contributed by atoms with Gasteiger partial charge in [-0.1, -0.05) is 88.6 Å². The summed E-state index contributed by atoms with van der Waals surface area (Å²) in [6.07, 6.45) is 11.1. The van der Waals surface area contributed by atoms with Crippen LogP contribution in [0.4, 0.5) is 0 Å². The number of rotatable bonds is 15. The predicted molar refractivity (Wildman–Crippen MR) is 105 cm³/mol. The second kappa shape index (κ2) is 14.9. The van der Waals surface area contributed by atoms with Crippen LogP contribution in [0.2, 0.25) is 0 Å². The minimum atomic E-state index is -0.934. The summed E-state index contributed by atoms with van der Waals surface area (Å²) >= 11 is 0. The molecule has 0 aliphatic carbocycles. The second-order valence-corrected chi connectivity index (χ2v) is 6.63. The van der Waals surface area contributed by atoms with Crippen molar-refractivity contribution in [2.45, 2.75) is 71.1 Å². The van der Waals surface area contributed by atoms with Crippen molar-refractivity contribution in [2.75, 3.05) is 13.2 Å². The topological polar surface area (TPSA) is 69.7 Å². The maximum Gasteiger partial charge on any atom is 0.379 e. The van der Waals surface area contributed by atoms with E-state index in [0.717, 1.165) is 19.3 Å². The van der Waals surface area contributed by atoms with Gasteiger partial charge in [0.15, 0.2) is 0 Å². The van der Waals surface area contributed by atoms with Crippen molar-refractivity contribution >= 4 is 17.7 Å². The Kier molecular flexibility index (Phi) is 12.7. The molecule has 0 saturated heterocycles. The highest BCUT2D eigenvalue weighted by Gasteiger charge is 2.17. The molecule has 0 amide bonds. The quantitative estimate of drug-likeness (QED) is 0.189. The summed E-state index contributed by atoms with van der Waals surface area (Å²) in [4.78, 5) is 35.0. The van der Waals surface area contributed by atoms with E-state index in [1.165, 1.54) is 38.5 Å². The van der Waals surface area contributed by atoms with E-state index in [4.69, 9.17) is 9.47 Å². The maximum atomic E-state index is 11.8. The molecule has 0 aliphatic heterocycles. The molecule has 0 fully saturated rings. The summed E-state index contributed by atoms with van der Waals surface area (Å²) in [5, 5.41) is 0. The molecule has 0 unspecified atom stereocenters. The lowest BCUT2D eigenvalue weighted by molar-refractivity contribution is -0.149. The van der Waals surface area contributed by atoms with Gasteiger partial charge in [0.25, 0.3) is 5.78 Å². The van der Waals surface area contributed by atoms with E-state index in [1.807, 2.05) is 0 Å². The van der Waals surface area contributed by atoms with E-state index < -0.39 is 11.8 Å². The monoisotopic (exact) mass is 376 g/mol. The van der Waals surface area contributed by atoms with Gasteiger partial charge in [-0.25, -0.2) is 4.79 Å². The van der Waals surface area contributed by atoms with Crippen molar-refractivity contribution in [3.63, 3.8) is 0 Å². The van der Waals surface area contributed by atoms with Crippen molar-refractivity contribution in [3.8, 4) is 0 Å². The Morgan fingerprint density at radius 1 is 0.741 bits per heavy atom. The van der Waals surface area contributed by atoms with Crippen molar-refractivity contribution in [1.82, 2.24) is 0 Å².